The summed E-state index contributed by atoms with van der Waals surface area (Å²) in [6.45, 7) is 0. The summed E-state index contributed by atoms with van der Waals surface area (Å²) in [4.78, 5) is 0. The van der Waals surface area contributed by atoms with Crippen molar-refractivity contribution in [1.29, 1.82) is 0 Å². The quantitative estimate of drug-likeness (QED) is 0.362. The van der Waals surface area contributed by atoms with E-state index >= 15 is 0 Å². The van der Waals surface area contributed by atoms with Crippen molar-refractivity contribution in [3.05, 3.63) is 6.42 Å². The van der Waals surface area contributed by atoms with Crippen molar-refractivity contribution in [2.24, 2.45) is 11.8 Å². The second-order valence-corrected chi connectivity index (χ2v) is 4.99. The zero-order valence-corrected chi connectivity index (χ0v) is 46.4. The first kappa shape index (κ1) is 65.3. The summed E-state index contributed by atoms with van der Waals surface area (Å²) in [6, 6.07) is 0. The van der Waals surface area contributed by atoms with Gasteiger partial charge in [-0.05, 0) is 0 Å². The van der Waals surface area contributed by atoms with Crippen LogP contribution in [0.5, 0.6) is 0 Å². The van der Waals surface area contributed by atoms with E-state index in [0.717, 1.165) is 11.8 Å². The van der Waals surface area contributed by atoms with Gasteiger partial charge < -0.3 is 6.42 Å². The van der Waals surface area contributed by atoms with Gasteiger partial charge in [0.1, 0.15) is 0 Å². The molecule has 0 N–H and O–H groups in total. The van der Waals surface area contributed by atoms with Gasteiger partial charge in [0.25, 0.3) is 0 Å². The average molecular weight is 1160 g/mol. The summed E-state index contributed by atoms with van der Waals surface area (Å²) < 4.78 is 0. The van der Waals surface area contributed by atoms with Crippen molar-refractivity contribution >= 4 is 0 Å². The molecule has 0 nitrogen and oxygen atoms in total. The Morgan fingerprint density at radius 1 is 0.333 bits per heavy atom. The van der Waals surface area contributed by atoms with Crippen LogP contribution in [0.1, 0.15) is 64.2 Å². The Labute approximate surface area is 428 Å². The molecule has 2 saturated carbocycles. The van der Waals surface area contributed by atoms with E-state index in [1.54, 1.807) is 0 Å². The van der Waals surface area contributed by atoms with E-state index in [0.29, 0.717) is 0 Å². The minimum absolute atomic E-state index is 0. The van der Waals surface area contributed by atoms with E-state index in [2.05, 4.69) is 6.42 Å². The molecule has 0 unspecified atom stereocenters. The predicted octanol–water partition coefficient (Wildman–Crippen LogP) is 4.32. The molecule has 2 aliphatic rings. The van der Waals surface area contributed by atoms with E-state index < -0.39 is 0 Å². The summed E-state index contributed by atoms with van der Waals surface area (Å²) in [6.07, 6.45) is 17.7. The molecule has 11 radical (unpaired) electrons. The molecule has 0 bridgehead atoms. The Morgan fingerprint density at radius 3 is 0.750 bits per heavy atom. The van der Waals surface area contributed by atoms with Gasteiger partial charge >= 0.3 is 0 Å². The Kier molecular flexibility index (Phi) is 131. The molecule has 0 spiro atoms. The molecule has 0 atom stereocenters. The first-order chi connectivity index (χ1) is 6.45. The van der Waals surface area contributed by atoms with Crippen LogP contribution < -0.4 is 0 Å². The van der Waals surface area contributed by atoms with Gasteiger partial charge in [0.15, 0.2) is 0 Å². The van der Waals surface area contributed by atoms with Gasteiger partial charge in [-0.25, -0.2) is 0 Å². The molecule has 11 heteroatoms. The van der Waals surface area contributed by atoms with E-state index in [1.807, 2.05) is 0 Å². The Hall–Kier alpha value is 12.1. The van der Waals surface area contributed by atoms with Crippen LogP contribution in [-0.4, -0.2) is 0 Å². The van der Waals surface area contributed by atoms with Gasteiger partial charge in [-0.1, -0.05) is 64.2 Å². The maximum atomic E-state index is 2.72. The van der Waals surface area contributed by atoms with Crippen LogP contribution in [0.4, 0.5) is 0 Å². The SMILES string of the molecule is [CH-](C1CCCCC1)C1CCCCC1.[Y].[Y].[Y].[Y].[Y].[Y].[Y].[Y].[Y].[Y].[Y]. The van der Waals surface area contributed by atoms with E-state index in [-0.39, 0.29) is 360 Å². The van der Waals surface area contributed by atoms with Crippen LogP contribution in [0.2, 0.25) is 0 Å². The minimum atomic E-state index is 0. The minimum Gasteiger partial charge on any atom is -0.322 e. The second-order valence-electron chi connectivity index (χ2n) is 4.99. The first-order valence-corrected chi connectivity index (χ1v) is 6.30. The first-order valence-electron chi connectivity index (χ1n) is 6.30. The average Bonchev–Trinajstić information content (AvgIpc) is 2.21. The largest absolute Gasteiger partial charge is 0.322 e. The van der Waals surface area contributed by atoms with Gasteiger partial charge in [0, 0.05) is 360 Å². The van der Waals surface area contributed by atoms with E-state index in [1.165, 1.54) is 64.2 Å². The molecule has 2 rings (SSSR count). The third-order valence-electron chi connectivity index (χ3n) is 3.84. The molecular weight excluding hydrogens is 1130 g/mol. The van der Waals surface area contributed by atoms with Crippen molar-refractivity contribution in [1.82, 2.24) is 0 Å². The third kappa shape index (κ3) is 36.3. The normalized spacial score (nSPS) is 15.0. The fraction of sp³-hybridized carbons (Fsp3) is 0.923. The van der Waals surface area contributed by atoms with Crippen LogP contribution in [-0.2, 0) is 360 Å². The van der Waals surface area contributed by atoms with Crippen molar-refractivity contribution in [3.8, 4) is 0 Å². The molecular formula is C13H23Y11-. The molecule has 2 aliphatic carbocycles. The second kappa shape index (κ2) is 48.2. The van der Waals surface area contributed by atoms with E-state index in [4.69, 9.17) is 0 Å². The molecule has 0 aliphatic heterocycles. The maximum Gasteiger partial charge on any atom is 0 e. The van der Waals surface area contributed by atoms with Crippen LogP contribution in [0.3, 0.4) is 0 Å². The van der Waals surface area contributed by atoms with E-state index in [9.17, 15) is 0 Å². The summed E-state index contributed by atoms with van der Waals surface area (Å²) in [7, 11) is 0. The maximum absolute atomic E-state index is 2.72. The molecule has 0 aromatic heterocycles. The van der Waals surface area contributed by atoms with Crippen molar-refractivity contribution in [2.75, 3.05) is 0 Å². The van der Waals surface area contributed by atoms with Gasteiger partial charge in [-0.3, -0.25) is 0 Å². The predicted molar refractivity (Wildman–Crippen MR) is 57.5 cm³/mol. The number of hydrogen-bond donors (Lipinski definition) is 0. The Balaban J connectivity index is -0.0000000223. The summed E-state index contributed by atoms with van der Waals surface area (Å²) in [5.41, 5.74) is 0. The number of rotatable bonds is 2. The third-order valence-corrected chi connectivity index (χ3v) is 3.84. The summed E-state index contributed by atoms with van der Waals surface area (Å²) in [5.74, 6) is 1.99. The van der Waals surface area contributed by atoms with Gasteiger partial charge in [-0.15, -0.1) is 0 Å². The Bertz CT molecular complexity index is 135. The molecule has 0 saturated heterocycles. The van der Waals surface area contributed by atoms with Crippen molar-refractivity contribution < 1.29 is 360 Å². The van der Waals surface area contributed by atoms with Crippen molar-refractivity contribution in [3.63, 3.8) is 0 Å². The van der Waals surface area contributed by atoms with Crippen LogP contribution in [0.15, 0.2) is 0 Å². The van der Waals surface area contributed by atoms with Gasteiger partial charge in [0.2, 0.25) is 0 Å². The topological polar surface area (TPSA) is 0 Å². The molecule has 0 heterocycles. The zero-order valence-electron chi connectivity index (χ0n) is 15.2. The van der Waals surface area contributed by atoms with Crippen molar-refractivity contribution in [2.45, 2.75) is 64.2 Å². The summed E-state index contributed by atoms with van der Waals surface area (Å²) >= 11 is 0. The smallest absolute Gasteiger partial charge is 0 e. The molecule has 24 heavy (non-hydrogen) atoms. The fourth-order valence-corrected chi connectivity index (χ4v) is 3.04. The fourth-order valence-electron chi connectivity index (χ4n) is 3.04. The van der Waals surface area contributed by atoms with Crippen LogP contribution in [0.25, 0.3) is 0 Å². The Morgan fingerprint density at radius 2 is 0.542 bits per heavy atom. The molecule has 0 aromatic carbocycles. The summed E-state index contributed by atoms with van der Waals surface area (Å²) in [5, 5.41) is 0. The molecule has 0 aromatic rings. The zero-order chi connectivity index (χ0) is 8.93. The van der Waals surface area contributed by atoms with Crippen LogP contribution in [0, 0.1) is 18.3 Å². The monoisotopic (exact) mass is 1160 g/mol. The molecule has 0 amide bonds. The van der Waals surface area contributed by atoms with Crippen LogP contribution >= 0.6 is 0 Å². The van der Waals surface area contributed by atoms with Gasteiger partial charge in [0.05, 0.1) is 0 Å². The molecule has 109 valence electrons. The van der Waals surface area contributed by atoms with Gasteiger partial charge in [-0.2, -0.15) is 11.8 Å². The number of hydrogen-bond acceptors (Lipinski definition) is 0. The standard InChI is InChI=1S/C13H23.11Y/c1-3-7-12(8-4-1)11-13-9-5-2-6-10-13;;;;;;;;;;;/h11-13H,1-10H2;;;;;;;;;;;/q-1;;;;;;;;;;;. The molecule has 2 fully saturated rings.